The van der Waals surface area contributed by atoms with E-state index in [1.807, 2.05) is 0 Å². The lowest BCUT2D eigenvalue weighted by Gasteiger charge is -2.25. The van der Waals surface area contributed by atoms with Gasteiger partial charge in [0.2, 0.25) is 11.5 Å². The van der Waals surface area contributed by atoms with Crippen LogP contribution in [-0.4, -0.2) is 77.3 Å². The lowest BCUT2D eigenvalue weighted by atomic mass is 9.82. The van der Waals surface area contributed by atoms with E-state index in [0.29, 0.717) is 53.7 Å². The fraction of sp³-hybridized carbons (Fsp3) is 0.140. The number of amidine groups is 1. The molecule has 0 radical (unpaired) electrons. The molecule has 5 N–H and O–H groups in total. The van der Waals surface area contributed by atoms with Crippen LogP contribution in [-0.2, 0) is 0 Å². The summed E-state index contributed by atoms with van der Waals surface area (Å²) in [5, 5.41) is 32.4. The predicted molar refractivity (Wildman–Crippen MR) is 232 cm³/mol. The van der Waals surface area contributed by atoms with Gasteiger partial charge in [-0.3, -0.25) is 25.1 Å². The Balaban J connectivity index is 1.49. The first-order valence-electron chi connectivity index (χ1n) is 17.8. The summed E-state index contributed by atoms with van der Waals surface area (Å²) < 4.78 is 33.6. The molecule has 0 unspecified atom stereocenters. The Morgan fingerprint density at radius 1 is 0.600 bits per heavy atom. The molecule has 60 heavy (non-hydrogen) atoms. The number of hydrogen-bond acceptors (Lipinski definition) is 11. The number of methoxy groups -OCH3 is 6. The first-order chi connectivity index (χ1) is 28.8. The van der Waals surface area contributed by atoms with E-state index in [1.165, 1.54) is 48.7 Å². The monoisotopic (exact) mass is 938 g/mol. The molecule has 0 spiro atoms. The van der Waals surface area contributed by atoms with Gasteiger partial charge in [-0.05, 0) is 44.9 Å². The minimum Gasteiger partial charge on any atom is -0.493 e. The highest BCUT2D eigenvalue weighted by molar-refractivity contribution is 9.11. The van der Waals surface area contributed by atoms with E-state index in [4.69, 9.17) is 28.4 Å². The van der Waals surface area contributed by atoms with Crippen molar-refractivity contribution in [3.05, 3.63) is 91.4 Å². The van der Waals surface area contributed by atoms with E-state index >= 15 is 0 Å². The van der Waals surface area contributed by atoms with Crippen LogP contribution in [0.25, 0.3) is 43.1 Å². The minimum absolute atomic E-state index is 0.00456. The van der Waals surface area contributed by atoms with Crippen LogP contribution in [0.2, 0.25) is 0 Å². The van der Waals surface area contributed by atoms with Gasteiger partial charge in [-0.1, -0.05) is 28.1 Å². The van der Waals surface area contributed by atoms with Crippen molar-refractivity contribution in [2.45, 2.75) is 0 Å². The van der Waals surface area contributed by atoms with Crippen LogP contribution in [0.15, 0.2) is 63.5 Å². The first kappa shape index (κ1) is 40.0. The molecule has 0 aliphatic carbocycles. The van der Waals surface area contributed by atoms with E-state index in [0.717, 1.165) is 0 Å². The highest BCUT2D eigenvalue weighted by atomic mass is 79.9. The molecule has 1 heterocycles. The zero-order valence-corrected chi connectivity index (χ0v) is 35.7. The number of anilines is 2. The molecule has 7 aromatic carbocycles. The van der Waals surface area contributed by atoms with Crippen LogP contribution in [0.1, 0.15) is 47.0 Å². The number of rotatable bonds is 11. The number of imide groups is 1. The minimum atomic E-state index is -1.42. The number of aromatic carboxylic acids is 1. The van der Waals surface area contributed by atoms with Crippen molar-refractivity contribution in [1.29, 1.82) is 5.41 Å². The second kappa shape index (κ2) is 15.1. The number of ether oxygens (including phenoxy) is 6. The van der Waals surface area contributed by atoms with Gasteiger partial charge in [0, 0.05) is 99.2 Å². The SMILES string of the molecule is COc1cc(NC(=N)c2c(C(=O)O)c(Br)c3c4ccc5c6c(cc(Br)c(c7ccc(C(=O)Nc8cc(OC)c(OC)c(OC)c8)c2c73)c64)C(=O)NC5=O)cc(OC)c1OC. The normalized spacial score (nSPS) is 12.1. The second-order valence-corrected chi connectivity index (χ2v) is 15.1. The van der Waals surface area contributed by atoms with Crippen molar-refractivity contribution in [3.8, 4) is 34.5 Å². The Kier molecular flexibility index (Phi) is 10.0. The molecule has 0 fully saturated rings. The molecule has 0 aromatic heterocycles. The van der Waals surface area contributed by atoms with Crippen LogP contribution in [0.4, 0.5) is 11.4 Å². The van der Waals surface area contributed by atoms with Crippen LogP contribution >= 0.6 is 31.9 Å². The smallest absolute Gasteiger partial charge is 0.337 e. The molecular formula is C43H32Br2N4O11. The highest BCUT2D eigenvalue weighted by Crippen LogP contribution is 2.51. The fourth-order valence-electron chi connectivity index (χ4n) is 8.01. The van der Waals surface area contributed by atoms with Crippen molar-refractivity contribution in [3.63, 3.8) is 0 Å². The van der Waals surface area contributed by atoms with Gasteiger partial charge < -0.3 is 44.2 Å². The van der Waals surface area contributed by atoms with Crippen LogP contribution in [0.5, 0.6) is 34.5 Å². The van der Waals surface area contributed by atoms with Gasteiger partial charge >= 0.3 is 5.97 Å². The number of fused-ring (bicyclic) bond motifs is 2. The molecule has 0 saturated heterocycles. The molecule has 304 valence electrons. The van der Waals surface area contributed by atoms with Gasteiger partial charge in [-0.25, -0.2) is 4.79 Å². The standard InChI is InChI=1S/C43H32Br2N4O11/c1-55-24-11-16(12-25(56-2)37(24)59-5)47-39(46)34-32-21(40(50)48-17-13-26(57-3)38(60-6)27(14-17)58-4)10-7-18-29-23(44)15-22-28-20(41(51)49-42(22)52)9-8-19(30(28)29)33(31(18)32)36(45)35(34)43(53)54/h7-15H,1-6H3,(H2,46,47)(H,48,50)(H,53,54)(H,49,51,52). The Bertz CT molecular complexity index is 3030. The summed E-state index contributed by atoms with van der Waals surface area (Å²) in [6.07, 6.45) is 0. The number of carbonyl (C=O) groups excluding carboxylic acids is 3. The molecule has 0 bridgehead atoms. The quantitative estimate of drug-likeness (QED) is 0.0272. The average molecular weight is 941 g/mol. The summed E-state index contributed by atoms with van der Waals surface area (Å²) in [7, 11) is 8.64. The first-order valence-corrected chi connectivity index (χ1v) is 19.4. The van der Waals surface area contributed by atoms with E-state index in [-0.39, 0.29) is 72.0 Å². The highest BCUT2D eigenvalue weighted by Gasteiger charge is 2.34. The van der Waals surface area contributed by atoms with E-state index in [1.54, 1.807) is 48.5 Å². The maximum absolute atomic E-state index is 14.7. The number of nitrogens with one attached hydrogen (secondary N) is 4. The van der Waals surface area contributed by atoms with E-state index in [2.05, 4.69) is 47.8 Å². The molecule has 0 saturated carbocycles. The van der Waals surface area contributed by atoms with Crippen LogP contribution in [0.3, 0.4) is 0 Å². The fourth-order valence-corrected chi connectivity index (χ4v) is 9.44. The van der Waals surface area contributed by atoms with Gasteiger partial charge in [0.1, 0.15) is 5.84 Å². The Hall–Kier alpha value is -6.85. The predicted octanol–water partition coefficient (Wildman–Crippen LogP) is 8.59. The van der Waals surface area contributed by atoms with E-state index < -0.39 is 29.5 Å². The number of carboxylic acid groups (broad SMARTS) is 1. The van der Waals surface area contributed by atoms with Crippen LogP contribution in [0, 0.1) is 5.41 Å². The lowest BCUT2D eigenvalue weighted by molar-refractivity contribution is 0.0694. The Morgan fingerprint density at radius 3 is 1.63 bits per heavy atom. The third kappa shape index (κ3) is 5.94. The summed E-state index contributed by atoms with van der Waals surface area (Å²) in [5.74, 6) is -1.98. The molecule has 1 aliphatic heterocycles. The lowest BCUT2D eigenvalue weighted by Crippen LogP contribution is -2.34. The zero-order chi connectivity index (χ0) is 42.9. The summed E-state index contributed by atoms with van der Waals surface area (Å²) >= 11 is 7.32. The Labute approximate surface area is 356 Å². The zero-order valence-electron chi connectivity index (χ0n) is 32.5. The number of carboxylic acids is 1. The van der Waals surface area contributed by atoms with E-state index in [9.17, 15) is 29.7 Å². The largest absolute Gasteiger partial charge is 0.493 e. The maximum atomic E-state index is 14.7. The average Bonchev–Trinajstić information content (AvgIpc) is 3.23. The van der Waals surface area contributed by atoms with Crippen molar-refractivity contribution >= 4 is 116 Å². The summed E-state index contributed by atoms with van der Waals surface area (Å²) in [6, 6.07) is 14.3. The molecule has 15 nitrogen and oxygen atoms in total. The third-order valence-corrected chi connectivity index (χ3v) is 11.9. The molecule has 17 heteroatoms. The van der Waals surface area contributed by atoms with Crippen molar-refractivity contribution in [2.75, 3.05) is 53.3 Å². The third-order valence-electron chi connectivity index (χ3n) is 10.4. The number of carbonyl (C=O) groups is 4. The molecule has 8 rings (SSSR count). The number of halogens is 2. The summed E-state index contributed by atoms with van der Waals surface area (Å²) in [5.41, 5.74) is 0.571. The van der Waals surface area contributed by atoms with Crippen molar-refractivity contribution in [2.24, 2.45) is 0 Å². The van der Waals surface area contributed by atoms with Crippen LogP contribution < -0.4 is 44.4 Å². The number of amides is 3. The van der Waals surface area contributed by atoms with Gasteiger partial charge in [-0.15, -0.1) is 0 Å². The molecule has 1 aliphatic rings. The molecular weight excluding hydrogens is 908 g/mol. The summed E-state index contributed by atoms with van der Waals surface area (Å²) in [6.45, 7) is 0. The maximum Gasteiger partial charge on any atom is 0.337 e. The molecule has 3 amide bonds. The number of hydrogen-bond donors (Lipinski definition) is 5. The van der Waals surface area contributed by atoms with Crippen molar-refractivity contribution in [1.82, 2.24) is 5.32 Å². The molecule has 7 aromatic rings. The summed E-state index contributed by atoms with van der Waals surface area (Å²) in [4.78, 5) is 54.7. The van der Waals surface area contributed by atoms with Gasteiger partial charge in [0.05, 0.1) is 48.2 Å². The topological polar surface area (TPSA) is 204 Å². The second-order valence-electron chi connectivity index (χ2n) is 13.4. The molecule has 0 atom stereocenters. The number of benzene rings is 7. The Morgan fingerprint density at radius 2 is 1.10 bits per heavy atom. The van der Waals surface area contributed by atoms with Gasteiger partial charge in [0.15, 0.2) is 23.0 Å². The van der Waals surface area contributed by atoms with Crippen molar-refractivity contribution < 1.29 is 52.7 Å². The van der Waals surface area contributed by atoms with Gasteiger partial charge in [-0.2, -0.15) is 0 Å². The van der Waals surface area contributed by atoms with Gasteiger partial charge in [0.25, 0.3) is 17.7 Å².